The number of carbonyl (C=O) groups is 1. The minimum absolute atomic E-state index is 0.335. The number of hydrogen-bond acceptors (Lipinski definition) is 5. The van der Waals surface area contributed by atoms with Crippen LogP contribution in [0, 0.1) is 0 Å². The van der Waals surface area contributed by atoms with Crippen LogP contribution in [-0.2, 0) is 4.79 Å². The fourth-order valence-corrected chi connectivity index (χ4v) is 2.81. The van der Waals surface area contributed by atoms with Gasteiger partial charge < -0.3 is 14.5 Å². The number of amides is 1. The number of nitrogens with zero attached hydrogens (tertiary/aromatic N) is 2. The largest absolute Gasteiger partial charge is 0.457 e. The third-order valence-corrected chi connectivity index (χ3v) is 4.24. The van der Waals surface area contributed by atoms with E-state index in [0.29, 0.717) is 22.7 Å². The Labute approximate surface area is 160 Å². The van der Waals surface area contributed by atoms with Crippen LogP contribution in [0.5, 0.6) is 11.5 Å². The Morgan fingerprint density at radius 1 is 1.04 bits per heavy atom. The molecule has 7 heteroatoms. The molecule has 0 fully saturated rings. The van der Waals surface area contributed by atoms with Crippen molar-refractivity contribution in [1.82, 2.24) is 9.55 Å². The molecule has 7 nitrogen and oxygen atoms in total. The second kappa shape index (κ2) is 7.40. The molecule has 0 aliphatic rings. The quantitative estimate of drug-likeness (QED) is 0.570. The second-order valence-electron chi connectivity index (χ2n) is 6.17. The summed E-state index contributed by atoms with van der Waals surface area (Å²) in [5.41, 5.74) is 1.27. The average molecular weight is 375 g/mol. The van der Waals surface area contributed by atoms with Crippen molar-refractivity contribution in [2.45, 2.75) is 13.0 Å². The zero-order chi connectivity index (χ0) is 19.5. The topological polar surface area (TPSA) is 86.4 Å². The summed E-state index contributed by atoms with van der Waals surface area (Å²) in [4.78, 5) is 28.9. The van der Waals surface area contributed by atoms with E-state index >= 15 is 0 Å². The zero-order valence-corrected chi connectivity index (χ0v) is 15.0. The summed E-state index contributed by atoms with van der Waals surface area (Å²) in [5.74, 6) is 0.403. The van der Waals surface area contributed by atoms with Crippen LogP contribution in [0.25, 0.3) is 11.2 Å². The van der Waals surface area contributed by atoms with Crippen molar-refractivity contribution in [3.63, 3.8) is 0 Å². The van der Waals surface area contributed by atoms with Crippen molar-refractivity contribution in [2.24, 2.45) is 0 Å². The maximum Gasteiger partial charge on any atom is 0.421 e. The molecule has 1 amide bonds. The monoisotopic (exact) mass is 375 g/mol. The third-order valence-electron chi connectivity index (χ3n) is 4.24. The summed E-state index contributed by atoms with van der Waals surface area (Å²) in [5, 5.41) is 2.79. The lowest BCUT2D eigenvalue weighted by Gasteiger charge is -2.13. The van der Waals surface area contributed by atoms with Crippen molar-refractivity contribution in [3.05, 3.63) is 83.5 Å². The Hall–Kier alpha value is -3.87. The van der Waals surface area contributed by atoms with Crippen molar-refractivity contribution in [1.29, 1.82) is 0 Å². The number of hydrogen-bond donors (Lipinski definition) is 1. The van der Waals surface area contributed by atoms with Crippen molar-refractivity contribution in [2.75, 3.05) is 5.32 Å². The Balaban J connectivity index is 1.48. The van der Waals surface area contributed by atoms with Crippen molar-refractivity contribution in [3.8, 4) is 11.5 Å². The van der Waals surface area contributed by atoms with E-state index in [0.717, 1.165) is 5.75 Å². The number of oxazole rings is 1. The molecule has 0 spiro atoms. The van der Waals surface area contributed by atoms with E-state index in [-0.39, 0.29) is 5.91 Å². The van der Waals surface area contributed by atoms with Gasteiger partial charge in [-0.15, -0.1) is 0 Å². The molecule has 0 radical (unpaired) electrons. The number of nitrogens with one attached hydrogen (secondary N) is 1. The average Bonchev–Trinajstić information content (AvgIpc) is 3.05. The highest BCUT2D eigenvalue weighted by Gasteiger charge is 2.22. The predicted octanol–water partition coefficient (Wildman–Crippen LogP) is 3.98. The van der Waals surface area contributed by atoms with Crippen LogP contribution in [0.15, 0.2) is 82.1 Å². The molecular weight excluding hydrogens is 358 g/mol. The Morgan fingerprint density at radius 3 is 2.50 bits per heavy atom. The minimum Gasteiger partial charge on any atom is -0.457 e. The van der Waals surface area contributed by atoms with Crippen LogP contribution in [-0.4, -0.2) is 15.5 Å². The first kappa shape index (κ1) is 17.5. The van der Waals surface area contributed by atoms with E-state index in [1.165, 1.54) is 4.57 Å². The standard InChI is InChI=1S/C21H17N3O4/c1-14(24-19-18(28-21(24)26)8-5-13-22-19)20(25)23-15-9-11-17(12-10-15)27-16-6-3-2-4-7-16/h2-14H,1H3,(H,23,25). The molecule has 0 bridgehead atoms. The summed E-state index contributed by atoms with van der Waals surface area (Å²) in [6, 6.07) is 18.9. The van der Waals surface area contributed by atoms with Crippen LogP contribution in [0.2, 0.25) is 0 Å². The number of carbonyl (C=O) groups excluding carboxylic acids is 1. The van der Waals surface area contributed by atoms with Gasteiger partial charge in [-0.3, -0.25) is 4.79 Å². The van der Waals surface area contributed by atoms with E-state index < -0.39 is 11.8 Å². The van der Waals surface area contributed by atoms with Gasteiger partial charge in [0, 0.05) is 11.9 Å². The predicted molar refractivity (Wildman–Crippen MR) is 105 cm³/mol. The number of aromatic nitrogens is 2. The third kappa shape index (κ3) is 3.50. The van der Waals surface area contributed by atoms with Gasteiger partial charge in [-0.25, -0.2) is 14.3 Å². The molecule has 0 aliphatic heterocycles. The molecular formula is C21H17N3O4. The van der Waals surface area contributed by atoms with Crippen LogP contribution in [0.1, 0.15) is 13.0 Å². The number of anilines is 1. The SMILES string of the molecule is CC(C(=O)Nc1ccc(Oc2ccccc2)cc1)n1c(=O)oc2cccnc21. The summed E-state index contributed by atoms with van der Waals surface area (Å²) in [6.45, 7) is 1.62. The van der Waals surface area contributed by atoms with Gasteiger partial charge in [0.25, 0.3) is 0 Å². The lowest BCUT2D eigenvalue weighted by Crippen LogP contribution is -2.29. The lowest BCUT2D eigenvalue weighted by molar-refractivity contribution is -0.118. The molecule has 0 aliphatic carbocycles. The molecule has 4 rings (SSSR count). The van der Waals surface area contributed by atoms with Crippen LogP contribution in [0.3, 0.4) is 0 Å². The summed E-state index contributed by atoms with van der Waals surface area (Å²) in [6.07, 6.45) is 1.55. The molecule has 4 aromatic rings. The molecule has 1 atom stereocenters. The smallest absolute Gasteiger partial charge is 0.421 e. The molecule has 0 saturated carbocycles. The first-order valence-electron chi connectivity index (χ1n) is 8.72. The van der Waals surface area contributed by atoms with Crippen molar-refractivity contribution >= 4 is 22.8 Å². The van der Waals surface area contributed by atoms with Gasteiger partial charge in [0.1, 0.15) is 17.5 Å². The minimum atomic E-state index is -0.788. The molecule has 2 aromatic heterocycles. The highest BCUT2D eigenvalue weighted by Crippen LogP contribution is 2.23. The van der Waals surface area contributed by atoms with Crippen LogP contribution >= 0.6 is 0 Å². The summed E-state index contributed by atoms with van der Waals surface area (Å²) >= 11 is 0. The van der Waals surface area contributed by atoms with Gasteiger partial charge in [-0.05, 0) is 55.5 Å². The first-order valence-corrected chi connectivity index (χ1v) is 8.72. The van der Waals surface area contributed by atoms with Crippen molar-refractivity contribution < 1.29 is 13.9 Å². The lowest BCUT2D eigenvalue weighted by atomic mass is 10.2. The number of para-hydroxylation sites is 1. The highest BCUT2D eigenvalue weighted by atomic mass is 16.5. The van der Waals surface area contributed by atoms with Crippen LogP contribution in [0.4, 0.5) is 5.69 Å². The highest BCUT2D eigenvalue weighted by molar-refractivity contribution is 5.94. The number of pyridine rings is 1. The van der Waals surface area contributed by atoms with Gasteiger partial charge in [0.2, 0.25) is 5.91 Å². The zero-order valence-electron chi connectivity index (χ0n) is 15.0. The maximum absolute atomic E-state index is 12.6. The second-order valence-corrected chi connectivity index (χ2v) is 6.17. The van der Waals surface area contributed by atoms with Gasteiger partial charge in [0.05, 0.1) is 0 Å². The van der Waals surface area contributed by atoms with E-state index in [9.17, 15) is 9.59 Å². The number of benzene rings is 2. The molecule has 28 heavy (non-hydrogen) atoms. The van der Waals surface area contributed by atoms with Gasteiger partial charge in [-0.2, -0.15) is 0 Å². The van der Waals surface area contributed by atoms with Crippen LogP contribution < -0.4 is 15.8 Å². The molecule has 2 heterocycles. The molecule has 1 N–H and O–H groups in total. The van der Waals surface area contributed by atoms with Gasteiger partial charge >= 0.3 is 5.76 Å². The Morgan fingerprint density at radius 2 is 1.75 bits per heavy atom. The Kier molecular flexibility index (Phi) is 4.63. The van der Waals surface area contributed by atoms with E-state index in [4.69, 9.17) is 9.15 Å². The van der Waals surface area contributed by atoms with E-state index in [1.54, 1.807) is 49.5 Å². The maximum atomic E-state index is 12.6. The van der Waals surface area contributed by atoms with E-state index in [1.807, 2.05) is 30.3 Å². The number of rotatable bonds is 5. The fourth-order valence-electron chi connectivity index (χ4n) is 2.81. The fraction of sp³-hybridized carbons (Fsp3) is 0.0952. The van der Waals surface area contributed by atoms with E-state index in [2.05, 4.69) is 10.3 Å². The summed E-state index contributed by atoms with van der Waals surface area (Å²) in [7, 11) is 0. The molecule has 0 saturated heterocycles. The summed E-state index contributed by atoms with van der Waals surface area (Å²) < 4.78 is 12.1. The Bertz CT molecular complexity index is 1160. The number of fused-ring (bicyclic) bond motifs is 1. The molecule has 2 aromatic carbocycles. The molecule has 140 valence electrons. The van der Waals surface area contributed by atoms with Gasteiger partial charge in [-0.1, -0.05) is 18.2 Å². The number of ether oxygens (including phenoxy) is 1. The first-order chi connectivity index (χ1) is 13.6. The normalized spacial score (nSPS) is 11.9. The molecule has 1 unspecified atom stereocenters. The van der Waals surface area contributed by atoms with Gasteiger partial charge in [0.15, 0.2) is 11.2 Å².